The molecule has 0 bridgehead atoms. The lowest BCUT2D eigenvalue weighted by molar-refractivity contribution is -0.000185. The van der Waals surface area contributed by atoms with Crippen molar-refractivity contribution in [3.8, 4) is 0 Å². The highest BCUT2D eigenvalue weighted by atomic mass is 32.1. The third kappa shape index (κ3) is 5.06. The number of carbonyl (C=O) groups is 1. The minimum atomic E-state index is 0.0461. The summed E-state index contributed by atoms with van der Waals surface area (Å²) in [6.07, 6.45) is 3.53. The molecule has 3 rings (SSSR count). The van der Waals surface area contributed by atoms with Crippen LogP contribution in [0.15, 0.2) is 36.4 Å². The Hall–Kier alpha value is -1.85. The van der Waals surface area contributed by atoms with E-state index < -0.39 is 0 Å². The first-order valence-corrected chi connectivity index (χ1v) is 9.70. The van der Waals surface area contributed by atoms with Crippen molar-refractivity contribution in [1.82, 2.24) is 4.90 Å². The fourth-order valence-electron chi connectivity index (χ4n) is 3.09. The van der Waals surface area contributed by atoms with Crippen molar-refractivity contribution in [3.05, 3.63) is 51.7 Å². The monoisotopic (exact) mass is 358 g/mol. The quantitative estimate of drug-likeness (QED) is 0.837. The predicted octanol–water partition coefficient (Wildman–Crippen LogP) is 4.31. The molecule has 134 valence electrons. The van der Waals surface area contributed by atoms with Crippen LogP contribution >= 0.6 is 11.3 Å². The van der Waals surface area contributed by atoms with E-state index in [1.54, 1.807) is 16.2 Å². The number of aryl methyl sites for hydroxylation is 1. The van der Waals surface area contributed by atoms with Crippen molar-refractivity contribution in [2.75, 3.05) is 25.5 Å². The Morgan fingerprint density at radius 2 is 2.20 bits per heavy atom. The molecule has 1 amide bonds. The van der Waals surface area contributed by atoms with Gasteiger partial charge in [-0.1, -0.05) is 6.07 Å². The van der Waals surface area contributed by atoms with Gasteiger partial charge in [-0.05, 0) is 56.5 Å². The average Bonchev–Trinajstić information content (AvgIpc) is 3.06. The minimum absolute atomic E-state index is 0.0461. The van der Waals surface area contributed by atoms with E-state index in [0.717, 1.165) is 31.7 Å². The van der Waals surface area contributed by atoms with Crippen LogP contribution in [0.2, 0.25) is 0 Å². The van der Waals surface area contributed by atoms with Crippen LogP contribution in [0.1, 0.15) is 39.4 Å². The largest absolute Gasteiger partial charge is 0.380 e. The summed E-state index contributed by atoms with van der Waals surface area (Å²) < 4.78 is 5.74. The van der Waals surface area contributed by atoms with Crippen LogP contribution in [0, 0.1) is 6.92 Å². The molecule has 1 saturated heterocycles. The lowest BCUT2D eigenvalue weighted by Gasteiger charge is -2.27. The number of likely N-dealkylation sites (N-methyl/N-ethyl adjacent to an activating group) is 1. The first kappa shape index (κ1) is 18.0. The molecule has 1 N–H and O–H groups in total. The summed E-state index contributed by atoms with van der Waals surface area (Å²) in [5.74, 6) is 0.0461. The second-order valence-electron chi connectivity index (χ2n) is 6.62. The van der Waals surface area contributed by atoms with Gasteiger partial charge in [0.15, 0.2) is 0 Å². The van der Waals surface area contributed by atoms with E-state index in [2.05, 4.69) is 24.4 Å². The molecule has 1 aliphatic heterocycles. The molecular formula is C20H26N2O2S. The Kier molecular flexibility index (Phi) is 6.10. The van der Waals surface area contributed by atoms with Gasteiger partial charge < -0.3 is 15.0 Å². The Morgan fingerprint density at radius 1 is 1.32 bits per heavy atom. The lowest BCUT2D eigenvalue weighted by atomic mass is 10.1. The summed E-state index contributed by atoms with van der Waals surface area (Å²) in [4.78, 5) is 17.1. The molecule has 1 atom stereocenters. The number of carbonyl (C=O) groups excluding carboxylic acids is 1. The van der Waals surface area contributed by atoms with Gasteiger partial charge in [0, 0.05) is 47.7 Å². The van der Waals surface area contributed by atoms with Crippen LogP contribution in [-0.4, -0.2) is 37.1 Å². The topological polar surface area (TPSA) is 41.6 Å². The van der Waals surface area contributed by atoms with Crippen LogP contribution in [0.5, 0.6) is 0 Å². The highest BCUT2D eigenvalue weighted by Gasteiger charge is 2.19. The maximum Gasteiger partial charge on any atom is 0.253 e. The van der Waals surface area contributed by atoms with Gasteiger partial charge in [-0.15, -0.1) is 11.3 Å². The molecule has 0 radical (unpaired) electrons. The van der Waals surface area contributed by atoms with Gasteiger partial charge in [-0.25, -0.2) is 0 Å². The van der Waals surface area contributed by atoms with Gasteiger partial charge in [-0.2, -0.15) is 0 Å². The normalized spacial score (nSPS) is 17.3. The van der Waals surface area contributed by atoms with Crippen LogP contribution in [0.25, 0.3) is 0 Å². The van der Waals surface area contributed by atoms with Crippen molar-refractivity contribution < 1.29 is 9.53 Å². The zero-order valence-electron chi connectivity index (χ0n) is 15.0. The smallest absolute Gasteiger partial charge is 0.253 e. The molecule has 1 aromatic heterocycles. The molecule has 0 aliphatic carbocycles. The second-order valence-corrected chi connectivity index (χ2v) is 7.99. The predicted molar refractivity (Wildman–Crippen MR) is 103 cm³/mol. The molecule has 0 spiro atoms. The summed E-state index contributed by atoms with van der Waals surface area (Å²) in [6, 6.07) is 12.0. The molecule has 1 fully saturated rings. The van der Waals surface area contributed by atoms with Gasteiger partial charge in [0.05, 0.1) is 6.10 Å². The maximum atomic E-state index is 12.7. The fourth-order valence-corrected chi connectivity index (χ4v) is 3.92. The minimum Gasteiger partial charge on any atom is -0.380 e. The lowest BCUT2D eigenvalue weighted by Crippen LogP contribution is -2.37. The van der Waals surface area contributed by atoms with Crippen LogP contribution in [0.3, 0.4) is 0 Å². The molecule has 1 aromatic carbocycles. The van der Waals surface area contributed by atoms with Crippen LogP contribution < -0.4 is 5.32 Å². The van der Waals surface area contributed by atoms with Crippen molar-refractivity contribution in [3.63, 3.8) is 0 Å². The zero-order chi connectivity index (χ0) is 17.6. The van der Waals surface area contributed by atoms with Crippen molar-refractivity contribution in [2.24, 2.45) is 0 Å². The number of amides is 1. The van der Waals surface area contributed by atoms with Gasteiger partial charge in [-0.3, -0.25) is 4.79 Å². The van der Waals surface area contributed by atoms with Crippen molar-refractivity contribution in [1.29, 1.82) is 0 Å². The van der Waals surface area contributed by atoms with Gasteiger partial charge in [0.2, 0.25) is 0 Å². The number of nitrogens with zero attached hydrogens (tertiary/aromatic N) is 1. The van der Waals surface area contributed by atoms with Gasteiger partial charge in [0.1, 0.15) is 0 Å². The molecule has 25 heavy (non-hydrogen) atoms. The number of hydrogen-bond donors (Lipinski definition) is 1. The van der Waals surface area contributed by atoms with E-state index in [0.29, 0.717) is 12.1 Å². The van der Waals surface area contributed by atoms with Crippen LogP contribution in [0.4, 0.5) is 5.69 Å². The highest BCUT2D eigenvalue weighted by molar-refractivity contribution is 7.11. The molecule has 2 heterocycles. The van der Waals surface area contributed by atoms with E-state index in [4.69, 9.17) is 4.74 Å². The molecule has 4 nitrogen and oxygen atoms in total. The van der Waals surface area contributed by atoms with E-state index >= 15 is 0 Å². The average molecular weight is 359 g/mol. The van der Waals surface area contributed by atoms with Gasteiger partial charge >= 0.3 is 0 Å². The van der Waals surface area contributed by atoms with Crippen molar-refractivity contribution >= 4 is 22.9 Å². The number of benzene rings is 1. The molecular weight excluding hydrogens is 332 g/mol. The van der Waals surface area contributed by atoms with Gasteiger partial charge in [0.25, 0.3) is 5.91 Å². The summed E-state index contributed by atoms with van der Waals surface area (Å²) in [5, 5.41) is 3.40. The number of hydrogen-bond acceptors (Lipinski definition) is 4. The Morgan fingerprint density at radius 3 is 2.92 bits per heavy atom. The Bertz CT molecular complexity index is 707. The maximum absolute atomic E-state index is 12.7. The molecule has 0 unspecified atom stereocenters. The van der Waals surface area contributed by atoms with E-state index in [-0.39, 0.29) is 12.0 Å². The van der Waals surface area contributed by atoms with Crippen LogP contribution in [-0.2, 0) is 11.3 Å². The number of rotatable bonds is 6. The zero-order valence-corrected chi connectivity index (χ0v) is 15.8. The summed E-state index contributed by atoms with van der Waals surface area (Å²) >= 11 is 1.79. The second kappa shape index (κ2) is 8.50. The van der Waals surface area contributed by atoms with Crippen molar-refractivity contribution in [2.45, 2.75) is 38.8 Å². The fraction of sp³-hybridized carbons (Fsp3) is 0.450. The number of nitrogens with one attached hydrogen (secondary N) is 1. The molecule has 5 heteroatoms. The SMILES string of the molecule is Cc1ccc(CNc2cccc(C(=O)N(C)C[C@@H]3CCCCO3)c2)s1. The number of ether oxygens (including phenoxy) is 1. The molecule has 0 saturated carbocycles. The van der Waals surface area contributed by atoms with E-state index in [9.17, 15) is 4.79 Å². The number of thiophene rings is 1. The number of anilines is 1. The molecule has 2 aromatic rings. The van der Waals surface area contributed by atoms with E-state index in [1.165, 1.54) is 16.2 Å². The first-order valence-electron chi connectivity index (χ1n) is 8.88. The first-order chi connectivity index (χ1) is 12.1. The third-order valence-corrected chi connectivity index (χ3v) is 5.47. The Labute approximate surface area is 153 Å². The summed E-state index contributed by atoms with van der Waals surface area (Å²) in [7, 11) is 1.86. The summed E-state index contributed by atoms with van der Waals surface area (Å²) in [6.45, 7) is 4.36. The Balaban J connectivity index is 1.58. The summed E-state index contributed by atoms with van der Waals surface area (Å²) in [5.41, 5.74) is 1.69. The highest BCUT2D eigenvalue weighted by Crippen LogP contribution is 2.19. The van der Waals surface area contributed by atoms with E-state index in [1.807, 2.05) is 31.3 Å². The third-order valence-electron chi connectivity index (χ3n) is 4.47. The standard InChI is InChI=1S/C20H26N2O2S/c1-15-9-10-19(25-15)13-21-17-7-5-6-16(12-17)20(23)22(2)14-18-8-3-4-11-24-18/h5-7,9-10,12,18,21H,3-4,8,11,13-14H2,1-2H3/t18-/m0/s1. The molecule has 1 aliphatic rings.